The molecule has 0 aromatic rings. The van der Waals surface area contributed by atoms with E-state index in [1.807, 2.05) is 0 Å². The summed E-state index contributed by atoms with van der Waals surface area (Å²) in [6.45, 7) is 14.0. The fourth-order valence-electron chi connectivity index (χ4n) is 2.79. The molecule has 2 rings (SSSR count). The summed E-state index contributed by atoms with van der Waals surface area (Å²) in [5.74, 6) is 2.50. The Morgan fingerprint density at radius 3 is 1.89 bits per heavy atom. The van der Waals surface area contributed by atoms with Crippen LogP contribution < -0.4 is 0 Å². The monoisotopic (exact) mass is 271 g/mol. The quantitative estimate of drug-likeness (QED) is 0.770. The molecule has 2 aliphatic rings. The minimum absolute atomic E-state index is 0.633. The number of ether oxygens (including phenoxy) is 2. The van der Waals surface area contributed by atoms with Gasteiger partial charge in [0.15, 0.2) is 0 Å². The molecule has 2 aliphatic heterocycles. The van der Waals surface area contributed by atoms with Crippen LogP contribution in [-0.2, 0) is 9.47 Å². The molecule has 0 radical (unpaired) electrons. The summed E-state index contributed by atoms with van der Waals surface area (Å²) in [4.78, 5) is 2.38. The van der Waals surface area contributed by atoms with Crippen LogP contribution in [0.2, 0.25) is 0 Å². The molecule has 0 bridgehead atoms. The second kappa shape index (κ2) is 8.93. The van der Waals surface area contributed by atoms with Crippen LogP contribution in [0.5, 0.6) is 0 Å². The minimum atomic E-state index is 0.633. The van der Waals surface area contributed by atoms with Crippen LogP contribution in [0.3, 0.4) is 0 Å². The summed E-state index contributed by atoms with van der Waals surface area (Å²) in [7, 11) is 2.17. The molecule has 114 valence electrons. The van der Waals surface area contributed by atoms with Crippen LogP contribution in [0.25, 0.3) is 0 Å². The highest BCUT2D eigenvalue weighted by Gasteiger charge is 2.21. The zero-order chi connectivity index (χ0) is 14.3. The van der Waals surface area contributed by atoms with Gasteiger partial charge in [0.05, 0.1) is 13.2 Å². The zero-order valence-corrected chi connectivity index (χ0v) is 13.5. The fraction of sp³-hybridized carbons (Fsp3) is 1.00. The standard InChI is InChI=1S/C8H17NO.C8H16O/c1-7(2)8-6-10-5-4-9(8)3;1-7(2)8-3-5-9-6-4-8/h7-8H,4-6H2,1-3H3;7-8H,3-6H2,1-2H3. The molecule has 3 heteroatoms. The molecule has 0 spiro atoms. The van der Waals surface area contributed by atoms with Gasteiger partial charge in [0.1, 0.15) is 0 Å². The summed E-state index contributed by atoms with van der Waals surface area (Å²) in [6, 6.07) is 0.633. The highest BCUT2D eigenvalue weighted by Crippen LogP contribution is 2.22. The Hall–Kier alpha value is -0.120. The van der Waals surface area contributed by atoms with Gasteiger partial charge in [-0.1, -0.05) is 27.7 Å². The molecule has 1 atom stereocenters. The predicted molar refractivity (Wildman–Crippen MR) is 80.5 cm³/mol. The molecule has 2 heterocycles. The van der Waals surface area contributed by atoms with Crippen molar-refractivity contribution in [1.29, 1.82) is 0 Å². The van der Waals surface area contributed by atoms with Gasteiger partial charge in [-0.2, -0.15) is 0 Å². The van der Waals surface area contributed by atoms with Crippen LogP contribution in [0.1, 0.15) is 40.5 Å². The second-order valence-corrected chi connectivity index (χ2v) is 6.56. The number of rotatable bonds is 2. The Kier molecular flexibility index (Phi) is 7.96. The first-order valence-corrected chi connectivity index (χ1v) is 7.88. The highest BCUT2D eigenvalue weighted by molar-refractivity contribution is 4.74. The van der Waals surface area contributed by atoms with Gasteiger partial charge >= 0.3 is 0 Å². The molecule has 0 aromatic carbocycles. The third-order valence-electron chi connectivity index (χ3n) is 4.42. The van der Waals surface area contributed by atoms with Crippen LogP contribution in [0, 0.1) is 17.8 Å². The maximum Gasteiger partial charge on any atom is 0.0624 e. The summed E-state index contributed by atoms with van der Waals surface area (Å²) in [5, 5.41) is 0. The van der Waals surface area contributed by atoms with Crippen molar-refractivity contribution in [2.75, 3.05) is 40.0 Å². The van der Waals surface area contributed by atoms with Gasteiger partial charge < -0.3 is 9.47 Å². The van der Waals surface area contributed by atoms with E-state index in [1.54, 1.807) is 0 Å². The van der Waals surface area contributed by atoms with Crippen LogP contribution in [-0.4, -0.2) is 51.0 Å². The SMILES string of the molecule is CC(C)C1CCOCC1.CC(C)C1COCCN1C. The molecule has 0 aromatic heterocycles. The average Bonchev–Trinajstić information content (AvgIpc) is 2.40. The molecule has 2 saturated heterocycles. The summed E-state index contributed by atoms with van der Waals surface area (Å²) in [6.07, 6.45) is 2.55. The smallest absolute Gasteiger partial charge is 0.0624 e. The van der Waals surface area contributed by atoms with Crippen molar-refractivity contribution in [3.05, 3.63) is 0 Å². The van der Waals surface area contributed by atoms with E-state index in [0.29, 0.717) is 12.0 Å². The van der Waals surface area contributed by atoms with Crippen molar-refractivity contribution in [1.82, 2.24) is 4.90 Å². The predicted octanol–water partition coefficient (Wildman–Crippen LogP) is 3.04. The first kappa shape index (κ1) is 16.9. The lowest BCUT2D eigenvalue weighted by atomic mass is 9.89. The molecule has 19 heavy (non-hydrogen) atoms. The van der Waals surface area contributed by atoms with Gasteiger partial charge in [-0.25, -0.2) is 0 Å². The summed E-state index contributed by atoms with van der Waals surface area (Å²) in [5.41, 5.74) is 0. The molecule has 1 unspecified atom stereocenters. The third-order valence-corrected chi connectivity index (χ3v) is 4.42. The van der Waals surface area contributed by atoms with Crippen molar-refractivity contribution in [3.8, 4) is 0 Å². The number of hydrogen-bond acceptors (Lipinski definition) is 3. The first-order chi connectivity index (χ1) is 9.02. The van der Waals surface area contributed by atoms with Gasteiger partial charge in [0.2, 0.25) is 0 Å². The summed E-state index contributed by atoms with van der Waals surface area (Å²) >= 11 is 0. The van der Waals surface area contributed by atoms with E-state index in [4.69, 9.17) is 9.47 Å². The van der Waals surface area contributed by atoms with E-state index in [9.17, 15) is 0 Å². The molecular formula is C16H33NO2. The Labute approximate surface area is 119 Å². The summed E-state index contributed by atoms with van der Waals surface area (Å²) < 4.78 is 10.6. The number of morpholine rings is 1. The van der Waals surface area contributed by atoms with Crippen molar-refractivity contribution < 1.29 is 9.47 Å². The van der Waals surface area contributed by atoms with Crippen molar-refractivity contribution in [3.63, 3.8) is 0 Å². The lowest BCUT2D eigenvalue weighted by Gasteiger charge is -2.34. The van der Waals surface area contributed by atoms with E-state index >= 15 is 0 Å². The van der Waals surface area contributed by atoms with Gasteiger partial charge in [0, 0.05) is 25.8 Å². The highest BCUT2D eigenvalue weighted by atomic mass is 16.5. The third kappa shape index (κ3) is 6.24. The van der Waals surface area contributed by atoms with E-state index in [1.165, 1.54) is 12.8 Å². The van der Waals surface area contributed by atoms with E-state index in [-0.39, 0.29) is 0 Å². The lowest BCUT2D eigenvalue weighted by molar-refractivity contribution is -0.0111. The topological polar surface area (TPSA) is 21.7 Å². The maximum absolute atomic E-state index is 5.37. The maximum atomic E-state index is 5.37. The average molecular weight is 271 g/mol. The fourth-order valence-corrected chi connectivity index (χ4v) is 2.79. The van der Waals surface area contributed by atoms with E-state index in [0.717, 1.165) is 44.8 Å². The van der Waals surface area contributed by atoms with E-state index in [2.05, 4.69) is 39.6 Å². The van der Waals surface area contributed by atoms with Crippen LogP contribution in [0.15, 0.2) is 0 Å². The Balaban J connectivity index is 0.000000191. The number of nitrogens with zero attached hydrogens (tertiary/aromatic N) is 1. The molecule has 0 N–H and O–H groups in total. The van der Waals surface area contributed by atoms with Gasteiger partial charge in [-0.15, -0.1) is 0 Å². The Bertz CT molecular complexity index is 225. The van der Waals surface area contributed by atoms with Gasteiger partial charge in [-0.05, 0) is 37.6 Å². The Morgan fingerprint density at radius 2 is 1.53 bits per heavy atom. The largest absolute Gasteiger partial charge is 0.381 e. The van der Waals surface area contributed by atoms with Crippen molar-refractivity contribution >= 4 is 0 Å². The number of hydrogen-bond donors (Lipinski definition) is 0. The lowest BCUT2D eigenvalue weighted by Crippen LogP contribution is -2.45. The first-order valence-electron chi connectivity index (χ1n) is 7.88. The second-order valence-electron chi connectivity index (χ2n) is 6.56. The molecular weight excluding hydrogens is 238 g/mol. The van der Waals surface area contributed by atoms with Crippen LogP contribution in [0.4, 0.5) is 0 Å². The Morgan fingerprint density at radius 1 is 0.895 bits per heavy atom. The minimum Gasteiger partial charge on any atom is -0.381 e. The zero-order valence-electron chi connectivity index (χ0n) is 13.5. The molecule has 0 aliphatic carbocycles. The van der Waals surface area contributed by atoms with Gasteiger partial charge in [-0.3, -0.25) is 4.90 Å². The molecule has 0 saturated carbocycles. The molecule has 3 nitrogen and oxygen atoms in total. The molecule has 0 amide bonds. The van der Waals surface area contributed by atoms with Crippen molar-refractivity contribution in [2.24, 2.45) is 17.8 Å². The van der Waals surface area contributed by atoms with Gasteiger partial charge in [0.25, 0.3) is 0 Å². The van der Waals surface area contributed by atoms with Crippen LogP contribution >= 0.6 is 0 Å². The molecule has 2 fully saturated rings. The van der Waals surface area contributed by atoms with E-state index < -0.39 is 0 Å². The number of likely N-dealkylation sites (N-methyl/N-ethyl adjacent to an activating group) is 1. The van der Waals surface area contributed by atoms with Crippen molar-refractivity contribution in [2.45, 2.75) is 46.6 Å². The normalized spacial score (nSPS) is 26.4.